The Kier molecular flexibility index (Phi) is 6.02. The fourth-order valence-corrected chi connectivity index (χ4v) is 2.18. The fourth-order valence-electron chi connectivity index (χ4n) is 2.07. The Morgan fingerprint density at radius 2 is 2.26 bits per heavy atom. The number of nitrogens with one attached hydrogen (secondary N) is 1. The Balaban J connectivity index is 1.95. The fraction of sp³-hybridized carbons (Fsp3) is 0.222. The number of terminal acetylenes is 1. The number of amides is 1. The molecule has 118 valence electrons. The number of halogens is 1. The zero-order valence-corrected chi connectivity index (χ0v) is 13.5. The predicted octanol–water partition coefficient (Wildman–Crippen LogP) is 3.17. The summed E-state index contributed by atoms with van der Waals surface area (Å²) < 4.78 is 5.39. The van der Waals surface area contributed by atoms with Crippen LogP contribution in [-0.2, 0) is 11.2 Å². The molecule has 0 fully saturated rings. The SMILES string of the molecule is C#CCOc1cccc([C@H](C)NC(=O)Cc2ccc(Cl)nc2)c1. The average Bonchev–Trinajstić information content (AvgIpc) is 2.55. The monoisotopic (exact) mass is 328 g/mol. The third-order valence-corrected chi connectivity index (χ3v) is 3.43. The van der Waals surface area contributed by atoms with Gasteiger partial charge in [0.15, 0.2) is 0 Å². The maximum atomic E-state index is 12.1. The molecule has 23 heavy (non-hydrogen) atoms. The van der Waals surface area contributed by atoms with Crippen LogP contribution in [0.25, 0.3) is 0 Å². The van der Waals surface area contributed by atoms with Gasteiger partial charge in [-0.25, -0.2) is 4.98 Å². The normalized spacial score (nSPS) is 11.3. The van der Waals surface area contributed by atoms with Crippen molar-refractivity contribution in [2.24, 2.45) is 0 Å². The molecule has 1 atom stereocenters. The standard InChI is InChI=1S/C18H17ClN2O2/c1-3-9-23-16-6-4-5-15(11-16)13(2)21-18(22)10-14-7-8-17(19)20-12-14/h1,4-8,11-13H,9-10H2,2H3,(H,21,22)/t13-/m0/s1. The molecule has 1 heterocycles. The largest absolute Gasteiger partial charge is 0.481 e. The van der Waals surface area contributed by atoms with E-state index in [9.17, 15) is 4.79 Å². The molecule has 0 saturated heterocycles. The van der Waals surface area contributed by atoms with Gasteiger partial charge in [-0.15, -0.1) is 6.42 Å². The van der Waals surface area contributed by atoms with Crippen LogP contribution in [0.3, 0.4) is 0 Å². The average molecular weight is 329 g/mol. The molecule has 1 aromatic heterocycles. The first-order valence-corrected chi connectivity index (χ1v) is 7.52. The number of rotatable bonds is 6. The molecule has 1 N–H and O–H groups in total. The van der Waals surface area contributed by atoms with Crippen molar-refractivity contribution in [3.8, 4) is 18.1 Å². The van der Waals surface area contributed by atoms with E-state index in [0.29, 0.717) is 10.9 Å². The second-order valence-electron chi connectivity index (χ2n) is 5.02. The predicted molar refractivity (Wildman–Crippen MR) is 90.3 cm³/mol. The van der Waals surface area contributed by atoms with Crippen LogP contribution in [0.5, 0.6) is 5.75 Å². The first-order valence-electron chi connectivity index (χ1n) is 7.14. The highest BCUT2D eigenvalue weighted by Gasteiger charge is 2.11. The third kappa shape index (κ3) is 5.32. The molecule has 2 aromatic rings. The van der Waals surface area contributed by atoms with Gasteiger partial charge in [-0.3, -0.25) is 4.79 Å². The number of ether oxygens (including phenoxy) is 1. The van der Waals surface area contributed by atoms with Gasteiger partial charge in [0.1, 0.15) is 17.5 Å². The number of hydrogen-bond donors (Lipinski definition) is 1. The molecule has 0 spiro atoms. The van der Waals surface area contributed by atoms with Gasteiger partial charge in [0.25, 0.3) is 0 Å². The molecule has 1 aromatic carbocycles. The quantitative estimate of drug-likeness (QED) is 0.654. The van der Waals surface area contributed by atoms with Crippen molar-refractivity contribution in [1.82, 2.24) is 10.3 Å². The van der Waals surface area contributed by atoms with E-state index in [-0.39, 0.29) is 25.0 Å². The van der Waals surface area contributed by atoms with Crippen LogP contribution in [0.1, 0.15) is 24.1 Å². The van der Waals surface area contributed by atoms with E-state index in [1.807, 2.05) is 31.2 Å². The minimum Gasteiger partial charge on any atom is -0.481 e. The van der Waals surface area contributed by atoms with E-state index in [4.69, 9.17) is 22.8 Å². The second-order valence-corrected chi connectivity index (χ2v) is 5.41. The Bertz CT molecular complexity index is 708. The minimum atomic E-state index is -0.142. The number of aromatic nitrogens is 1. The molecule has 1 amide bonds. The van der Waals surface area contributed by atoms with Gasteiger partial charge in [-0.05, 0) is 36.2 Å². The van der Waals surface area contributed by atoms with E-state index in [1.54, 1.807) is 18.3 Å². The summed E-state index contributed by atoms with van der Waals surface area (Å²) in [6.45, 7) is 2.13. The number of nitrogens with zero attached hydrogens (tertiary/aromatic N) is 1. The van der Waals surface area contributed by atoms with Crippen LogP contribution in [0.2, 0.25) is 5.15 Å². The van der Waals surface area contributed by atoms with E-state index < -0.39 is 0 Å². The van der Waals surface area contributed by atoms with Gasteiger partial charge in [0, 0.05) is 6.20 Å². The summed E-state index contributed by atoms with van der Waals surface area (Å²) in [5, 5.41) is 3.36. The van der Waals surface area contributed by atoms with Crippen LogP contribution < -0.4 is 10.1 Å². The highest BCUT2D eigenvalue weighted by atomic mass is 35.5. The number of carbonyl (C=O) groups excluding carboxylic acids is 1. The van der Waals surface area contributed by atoms with Gasteiger partial charge < -0.3 is 10.1 Å². The van der Waals surface area contributed by atoms with Crippen molar-refractivity contribution in [2.75, 3.05) is 6.61 Å². The lowest BCUT2D eigenvalue weighted by atomic mass is 10.1. The van der Waals surface area contributed by atoms with E-state index in [1.165, 1.54) is 0 Å². The van der Waals surface area contributed by atoms with Gasteiger partial charge in [0.05, 0.1) is 12.5 Å². The van der Waals surface area contributed by atoms with E-state index in [2.05, 4.69) is 16.2 Å². The zero-order valence-electron chi connectivity index (χ0n) is 12.8. The third-order valence-electron chi connectivity index (χ3n) is 3.21. The highest BCUT2D eigenvalue weighted by Crippen LogP contribution is 2.19. The number of pyridine rings is 1. The van der Waals surface area contributed by atoms with Crippen LogP contribution in [0.4, 0.5) is 0 Å². The van der Waals surface area contributed by atoms with Crippen molar-refractivity contribution >= 4 is 17.5 Å². The molecule has 0 bridgehead atoms. The molecule has 5 heteroatoms. The van der Waals surface area contributed by atoms with Gasteiger partial charge >= 0.3 is 0 Å². The van der Waals surface area contributed by atoms with Crippen LogP contribution in [0, 0.1) is 12.3 Å². The summed E-state index contributed by atoms with van der Waals surface area (Å²) in [4.78, 5) is 16.1. The van der Waals surface area contributed by atoms with Crippen LogP contribution >= 0.6 is 11.6 Å². The maximum Gasteiger partial charge on any atom is 0.224 e. The molecule has 0 saturated carbocycles. The van der Waals surface area contributed by atoms with Crippen LogP contribution in [0.15, 0.2) is 42.6 Å². The highest BCUT2D eigenvalue weighted by molar-refractivity contribution is 6.29. The Morgan fingerprint density at radius 3 is 2.96 bits per heavy atom. The first kappa shape index (κ1) is 16.9. The summed E-state index contributed by atoms with van der Waals surface area (Å²) in [5.41, 5.74) is 1.76. The lowest BCUT2D eigenvalue weighted by molar-refractivity contribution is -0.121. The topological polar surface area (TPSA) is 51.2 Å². The zero-order chi connectivity index (χ0) is 16.7. The van der Waals surface area contributed by atoms with Crippen molar-refractivity contribution < 1.29 is 9.53 Å². The number of benzene rings is 1. The van der Waals surface area contributed by atoms with Crippen molar-refractivity contribution in [3.05, 3.63) is 58.9 Å². The van der Waals surface area contributed by atoms with Gasteiger partial charge in [0.2, 0.25) is 5.91 Å². The number of hydrogen-bond acceptors (Lipinski definition) is 3. The molecule has 0 aliphatic rings. The first-order chi connectivity index (χ1) is 11.1. The maximum absolute atomic E-state index is 12.1. The molecule has 0 unspecified atom stereocenters. The summed E-state index contributed by atoms with van der Waals surface area (Å²) >= 11 is 5.73. The van der Waals surface area contributed by atoms with Crippen molar-refractivity contribution in [3.63, 3.8) is 0 Å². The van der Waals surface area contributed by atoms with Gasteiger partial charge in [-0.1, -0.05) is 35.7 Å². The van der Waals surface area contributed by atoms with Crippen LogP contribution in [-0.4, -0.2) is 17.5 Å². The Morgan fingerprint density at radius 1 is 1.43 bits per heavy atom. The molecular weight excluding hydrogens is 312 g/mol. The molecule has 2 rings (SSSR count). The molecule has 0 aliphatic carbocycles. The Labute approximate surface area is 140 Å². The summed E-state index contributed by atoms with van der Waals surface area (Å²) in [6, 6.07) is 10.8. The minimum absolute atomic E-state index is 0.0865. The molecular formula is C18H17ClN2O2. The summed E-state index contributed by atoms with van der Waals surface area (Å²) in [5.74, 6) is 3.02. The summed E-state index contributed by atoms with van der Waals surface area (Å²) in [7, 11) is 0. The van der Waals surface area contributed by atoms with Gasteiger partial charge in [-0.2, -0.15) is 0 Å². The summed E-state index contributed by atoms with van der Waals surface area (Å²) in [6.07, 6.45) is 7.03. The molecule has 0 aliphatic heterocycles. The Hall–Kier alpha value is -2.51. The van der Waals surface area contributed by atoms with E-state index in [0.717, 1.165) is 11.1 Å². The smallest absolute Gasteiger partial charge is 0.224 e. The molecule has 0 radical (unpaired) electrons. The van der Waals surface area contributed by atoms with Crippen molar-refractivity contribution in [1.29, 1.82) is 0 Å². The van der Waals surface area contributed by atoms with Crippen molar-refractivity contribution in [2.45, 2.75) is 19.4 Å². The second kappa shape index (κ2) is 8.21. The lowest BCUT2D eigenvalue weighted by Crippen LogP contribution is -2.28. The van der Waals surface area contributed by atoms with E-state index >= 15 is 0 Å². The lowest BCUT2D eigenvalue weighted by Gasteiger charge is -2.15. The molecule has 4 nitrogen and oxygen atoms in total. The number of carbonyl (C=O) groups is 1.